The number of carbonyl (C=O) groups excluding carboxylic acids is 3. The SMILES string of the molecule is CC/C=C\C/C=C\C/C=C\C/C=C\C/C=C\C/C=C\CCC(=O)O[C@H](COC(=O)CCCC/C=C\C/C=C\C/C=C\CCCCC)COC(=O)CCCCCCCCCCCCC/C=C\CCCCCCCC. The lowest BCUT2D eigenvalue weighted by Crippen LogP contribution is -2.30. The Labute approximate surface area is 450 Å². The lowest BCUT2D eigenvalue weighted by Gasteiger charge is -2.18. The van der Waals surface area contributed by atoms with Crippen LogP contribution < -0.4 is 0 Å². The summed E-state index contributed by atoms with van der Waals surface area (Å²) in [4.78, 5) is 38.2. The van der Waals surface area contributed by atoms with Crippen LogP contribution in [0, 0.1) is 0 Å². The third-order valence-electron chi connectivity index (χ3n) is 12.4. The number of ether oxygens (including phenoxy) is 3. The van der Waals surface area contributed by atoms with Crippen molar-refractivity contribution in [2.24, 2.45) is 0 Å². The zero-order valence-corrected chi connectivity index (χ0v) is 47.4. The Balaban J connectivity index is 4.52. The maximum atomic E-state index is 12.8. The summed E-state index contributed by atoms with van der Waals surface area (Å²) >= 11 is 0. The van der Waals surface area contributed by atoms with Crippen molar-refractivity contribution in [1.82, 2.24) is 0 Å². The van der Waals surface area contributed by atoms with Gasteiger partial charge in [0.1, 0.15) is 13.2 Å². The third-order valence-corrected chi connectivity index (χ3v) is 12.4. The normalized spacial score (nSPS) is 13.0. The molecule has 0 spiro atoms. The molecule has 6 nitrogen and oxygen atoms in total. The predicted molar refractivity (Wildman–Crippen MR) is 316 cm³/mol. The summed E-state index contributed by atoms with van der Waals surface area (Å²) in [6.07, 6.45) is 83.5. The molecule has 0 aliphatic heterocycles. The summed E-state index contributed by atoms with van der Waals surface area (Å²) < 4.78 is 16.8. The number of esters is 3. The highest BCUT2D eigenvalue weighted by atomic mass is 16.6. The maximum Gasteiger partial charge on any atom is 0.306 e. The molecular formula is C67H110O6. The summed E-state index contributed by atoms with van der Waals surface area (Å²) in [5, 5.41) is 0. The molecule has 0 saturated heterocycles. The van der Waals surface area contributed by atoms with Crippen molar-refractivity contribution in [2.75, 3.05) is 13.2 Å². The van der Waals surface area contributed by atoms with E-state index in [9.17, 15) is 14.4 Å². The van der Waals surface area contributed by atoms with Crippen molar-refractivity contribution >= 4 is 17.9 Å². The highest BCUT2D eigenvalue weighted by Crippen LogP contribution is 2.15. The number of hydrogen-bond acceptors (Lipinski definition) is 6. The number of allylic oxidation sites excluding steroid dienone is 20. The molecular weight excluding hydrogens is 901 g/mol. The quantitative estimate of drug-likeness (QED) is 0.0261. The Bertz CT molecular complexity index is 1540. The van der Waals surface area contributed by atoms with E-state index in [2.05, 4.69) is 130 Å². The van der Waals surface area contributed by atoms with Crippen molar-refractivity contribution in [3.8, 4) is 0 Å². The van der Waals surface area contributed by atoms with Crippen molar-refractivity contribution < 1.29 is 28.6 Å². The van der Waals surface area contributed by atoms with Crippen LogP contribution in [0.15, 0.2) is 122 Å². The Kier molecular flexibility index (Phi) is 56.9. The van der Waals surface area contributed by atoms with Gasteiger partial charge < -0.3 is 14.2 Å². The van der Waals surface area contributed by atoms with E-state index in [1.807, 2.05) is 12.2 Å². The molecule has 0 aliphatic carbocycles. The first-order valence-corrected chi connectivity index (χ1v) is 30.0. The fourth-order valence-corrected chi connectivity index (χ4v) is 7.94. The molecule has 0 aliphatic rings. The van der Waals surface area contributed by atoms with E-state index in [-0.39, 0.29) is 31.6 Å². The van der Waals surface area contributed by atoms with Crippen molar-refractivity contribution in [3.63, 3.8) is 0 Å². The molecule has 6 heteroatoms. The second-order valence-corrected chi connectivity index (χ2v) is 19.5. The summed E-state index contributed by atoms with van der Waals surface area (Å²) in [7, 11) is 0. The maximum absolute atomic E-state index is 12.8. The minimum Gasteiger partial charge on any atom is -0.462 e. The standard InChI is InChI=1S/C67H110O6/c1-4-7-10-13-16-19-22-25-28-30-32-33-35-36-39-42-45-48-51-54-57-60-66(69)72-63-64(62-71-65(68)59-56-53-50-47-44-41-38-27-24-21-18-15-12-9-6-3)73-67(70)61-58-55-52-49-46-43-40-37-34-31-29-26-23-20-17-14-11-8-5-2/h8,11,17-18,20-21,25-29,34,37-38,43-44,46-47,52,55,64H,4-7,9-10,12-16,19,22-24,30-33,35-36,39-42,45,48-51,53-54,56-63H2,1-3H3/b11-8-,20-17-,21-18-,28-25-,29-26-,37-34-,38-27-,46-43-,47-44-,55-52-/t64-/m1/s1. The van der Waals surface area contributed by atoms with E-state index >= 15 is 0 Å². The van der Waals surface area contributed by atoms with Crippen LogP contribution in [0.3, 0.4) is 0 Å². The lowest BCUT2D eigenvalue weighted by molar-refractivity contribution is -0.166. The van der Waals surface area contributed by atoms with Crippen LogP contribution in [0.2, 0.25) is 0 Å². The van der Waals surface area contributed by atoms with Gasteiger partial charge in [0.05, 0.1) is 0 Å². The molecule has 0 radical (unpaired) electrons. The molecule has 0 rings (SSSR count). The van der Waals surface area contributed by atoms with Crippen LogP contribution >= 0.6 is 0 Å². The fourth-order valence-electron chi connectivity index (χ4n) is 7.94. The highest BCUT2D eigenvalue weighted by molar-refractivity contribution is 5.71. The Morgan fingerprint density at radius 2 is 0.562 bits per heavy atom. The summed E-state index contributed by atoms with van der Waals surface area (Å²) in [5.74, 6) is -1.05. The van der Waals surface area contributed by atoms with E-state index in [1.54, 1.807) is 0 Å². The molecule has 0 aromatic rings. The summed E-state index contributed by atoms with van der Waals surface area (Å²) in [6.45, 7) is 6.40. The van der Waals surface area contributed by atoms with Crippen molar-refractivity contribution in [3.05, 3.63) is 122 Å². The smallest absolute Gasteiger partial charge is 0.306 e. The minimum atomic E-state index is -0.838. The van der Waals surface area contributed by atoms with Gasteiger partial charge in [0, 0.05) is 19.3 Å². The van der Waals surface area contributed by atoms with Gasteiger partial charge in [-0.05, 0) is 122 Å². The predicted octanol–water partition coefficient (Wildman–Crippen LogP) is 20.4. The highest BCUT2D eigenvalue weighted by Gasteiger charge is 2.19. The van der Waals surface area contributed by atoms with Gasteiger partial charge in [0.25, 0.3) is 0 Å². The zero-order chi connectivity index (χ0) is 52.9. The minimum absolute atomic E-state index is 0.123. The van der Waals surface area contributed by atoms with Gasteiger partial charge >= 0.3 is 17.9 Å². The van der Waals surface area contributed by atoms with Crippen LogP contribution in [0.1, 0.15) is 265 Å². The molecule has 1 atom stereocenters. The average Bonchev–Trinajstić information content (AvgIpc) is 3.39. The van der Waals surface area contributed by atoms with E-state index in [0.29, 0.717) is 25.7 Å². The van der Waals surface area contributed by atoms with Crippen LogP contribution in [0.4, 0.5) is 0 Å². The molecule has 0 saturated carbocycles. The van der Waals surface area contributed by atoms with Crippen LogP contribution in [-0.2, 0) is 28.6 Å². The van der Waals surface area contributed by atoms with Crippen LogP contribution in [-0.4, -0.2) is 37.2 Å². The number of unbranched alkanes of at least 4 members (excludes halogenated alkanes) is 22. The van der Waals surface area contributed by atoms with Crippen molar-refractivity contribution in [2.45, 2.75) is 271 Å². The molecule has 0 aromatic carbocycles. The molecule has 0 N–H and O–H groups in total. The molecule has 0 aromatic heterocycles. The van der Waals surface area contributed by atoms with Gasteiger partial charge in [-0.15, -0.1) is 0 Å². The Hall–Kier alpha value is -4.19. The summed E-state index contributed by atoms with van der Waals surface area (Å²) in [5.41, 5.74) is 0. The monoisotopic (exact) mass is 1010 g/mol. The van der Waals surface area contributed by atoms with Gasteiger partial charge in [0.2, 0.25) is 0 Å². The van der Waals surface area contributed by atoms with Gasteiger partial charge in [-0.2, -0.15) is 0 Å². The summed E-state index contributed by atoms with van der Waals surface area (Å²) in [6, 6.07) is 0. The first kappa shape index (κ1) is 68.8. The Morgan fingerprint density at radius 1 is 0.288 bits per heavy atom. The van der Waals surface area contributed by atoms with Gasteiger partial charge in [0.15, 0.2) is 6.10 Å². The second kappa shape index (κ2) is 60.4. The Morgan fingerprint density at radius 3 is 0.959 bits per heavy atom. The van der Waals surface area contributed by atoms with E-state index in [1.165, 1.54) is 128 Å². The molecule has 73 heavy (non-hydrogen) atoms. The third kappa shape index (κ3) is 58.6. The lowest BCUT2D eigenvalue weighted by atomic mass is 10.0. The fraction of sp³-hybridized carbons (Fsp3) is 0.657. The molecule has 0 bridgehead atoms. The first-order valence-electron chi connectivity index (χ1n) is 30.0. The topological polar surface area (TPSA) is 78.9 Å². The number of hydrogen-bond donors (Lipinski definition) is 0. The van der Waals surface area contributed by atoms with E-state index < -0.39 is 12.1 Å². The van der Waals surface area contributed by atoms with Gasteiger partial charge in [-0.1, -0.05) is 245 Å². The molecule has 0 heterocycles. The number of carbonyl (C=O) groups is 3. The van der Waals surface area contributed by atoms with Gasteiger partial charge in [-0.3, -0.25) is 14.4 Å². The average molecular weight is 1010 g/mol. The first-order chi connectivity index (χ1) is 36.0. The van der Waals surface area contributed by atoms with E-state index in [0.717, 1.165) is 83.5 Å². The van der Waals surface area contributed by atoms with E-state index in [4.69, 9.17) is 14.2 Å². The molecule has 0 fully saturated rings. The molecule has 0 amide bonds. The van der Waals surface area contributed by atoms with Crippen LogP contribution in [0.25, 0.3) is 0 Å². The molecule has 414 valence electrons. The second-order valence-electron chi connectivity index (χ2n) is 19.5. The largest absolute Gasteiger partial charge is 0.462 e. The van der Waals surface area contributed by atoms with Crippen LogP contribution in [0.5, 0.6) is 0 Å². The van der Waals surface area contributed by atoms with Gasteiger partial charge in [-0.25, -0.2) is 0 Å². The zero-order valence-electron chi connectivity index (χ0n) is 47.4. The number of rotatable bonds is 53. The van der Waals surface area contributed by atoms with Crippen molar-refractivity contribution in [1.29, 1.82) is 0 Å². The molecule has 0 unspecified atom stereocenters.